The summed E-state index contributed by atoms with van der Waals surface area (Å²) < 4.78 is 29.2. The number of thiol groups is 1. The number of nitro groups is 1. The standard InChI is InChI=1S/C16H16N2O6S2/c19-16(17-13-3-7-15(8-4-13)26(22,23)24)12(10-25)9-11-1-5-14(6-2-11)18(20)21/h1-8,12,25H,9-10H2,(H2,22,23,24). The Balaban J connectivity index is 2.11. The SMILES string of the molecule is O=C(N=C1C=CC(=S(=O)(O)O)C=C1)C(CS)Cc1ccc([N+](=O)[O-])cc1. The fourth-order valence-electron chi connectivity index (χ4n) is 2.18. The van der Waals surface area contributed by atoms with Crippen molar-refractivity contribution in [1.82, 2.24) is 0 Å². The molecule has 1 unspecified atom stereocenters. The molecule has 0 aromatic heterocycles. The Labute approximate surface area is 155 Å². The minimum Gasteiger partial charge on any atom is -0.293 e. The van der Waals surface area contributed by atoms with E-state index in [0.29, 0.717) is 6.42 Å². The third-order valence-corrected chi connectivity index (χ3v) is 4.91. The molecular weight excluding hydrogens is 380 g/mol. The Kier molecular flexibility index (Phi) is 6.48. The van der Waals surface area contributed by atoms with Crippen molar-refractivity contribution < 1.29 is 23.0 Å². The summed E-state index contributed by atoms with van der Waals surface area (Å²) in [7, 11) is -4.06. The number of non-ortho nitro benzene ring substituents is 1. The van der Waals surface area contributed by atoms with Crippen LogP contribution in [0.2, 0.25) is 0 Å². The van der Waals surface area contributed by atoms with Gasteiger partial charge in [-0.25, -0.2) is 9.20 Å². The highest BCUT2D eigenvalue weighted by atomic mass is 32.2. The number of hydrogen-bond acceptors (Lipinski definition) is 5. The van der Waals surface area contributed by atoms with Crippen LogP contribution < -0.4 is 0 Å². The average Bonchev–Trinajstić information content (AvgIpc) is 2.59. The van der Waals surface area contributed by atoms with Crippen molar-refractivity contribution in [2.75, 3.05) is 5.75 Å². The molecule has 0 spiro atoms. The Hall–Kier alpha value is -2.27. The van der Waals surface area contributed by atoms with Crippen LogP contribution in [0.4, 0.5) is 5.69 Å². The first-order valence-corrected chi connectivity index (χ1v) is 9.50. The fourth-order valence-corrected chi connectivity index (χ4v) is 2.96. The van der Waals surface area contributed by atoms with Crippen LogP contribution >= 0.6 is 12.6 Å². The molecule has 0 radical (unpaired) electrons. The number of carbonyl (C=O) groups excluding carboxylic acids is 1. The number of nitro benzene ring substituents is 1. The summed E-state index contributed by atoms with van der Waals surface area (Å²) in [6, 6.07) is 5.89. The van der Waals surface area contributed by atoms with Gasteiger partial charge in [-0.3, -0.25) is 24.0 Å². The van der Waals surface area contributed by atoms with Gasteiger partial charge in [-0.05, 0) is 36.3 Å². The van der Waals surface area contributed by atoms with Gasteiger partial charge >= 0.3 is 0 Å². The first-order valence-electron chi connectivity index (χ1n) is 7.39. The molecule has 1 atom stereocenters. The number of rotatable bonds is 5. The van der Waals surface area contributed by atoms with Crippen molar-refractivity contribution in [3.63, 3.8) is 0 Å². The van der Waals surface area contributed by atoms with E-state index in [1.54, 1.807) is 12.1 Å². The molecule has 10 heteroatoms. The van der Waals surface area contributed by atoms with Gasteiger partial charge in [0.2, 0.25) is 16.0 Å². The molecule has 0 bridgehead atoms. The van der Waals surface area contributed by atoms with Crippen LogP contribution in [0.3, 0.4) is 0 Å². The van der Waals surface area contributed by atoms with Gasteiger partial charge in [-0.1, -0.05) is 12.1 Å². The highest BCUT2D eigenvalue weighted by Gasteiger charge is 2.18. The zero-order valence-electron chi connectivity index (χ0n) is 13.4. The number of benzene rings is 1. The van der Waals surface area contributed by atoms with E-state index >= 15 is 0 Å². The number of allylic oxidation sites excluding steroid dienone is 4. The van der Waals surface area contributed by atoms with Crippen molar-refractivity contribution in [3.8, 4) is 0 Å². The maximum absolute atomic E-state index is 12.3. The second-order valence-corrected chi connectivity index (χ2v) is 7.28. The summed E-state index contributed by atoms with van der Waals surface area (Å²) in [5, 5.41) is 10.7. The second kappa shape index (κ2) is 8.41. The lowest BCUT2D eigenvalue weighted by Gasteiger charge is -2.11. The second-order valence-electron chi connectivity index (χ2n) is 5.45. The van der Waals surface area contributed by atoms with Gasteiger partial charge in [0, 0.05) is 17.9 Å². The average molecular weight is 396 g/mol. The van der Waals surface area contributed by atoms with Crippen molar-refractivity contribution in [1.29, 1.82) is 0 Å². The third-order valence-electron chi connectivity index (χ3n) is 3.58. The molecular formula is C16H16N2O6S2. The van der Waals surface area contributed by atoms with Crippen molar-refractivity contribution in [3.05, 3.63) is 64.2 Å². The number of nitrogens with zero attached hydrogens (tertiary/aromatic N) is 2. The number of carbonyl (C=O) groups is 1. The molecule has 1 aliphatic carbocycles. The molecule has 26 heavy (non-hydrogen) atoms. The molecule has 1 aromatic carbocycles. The highest BCUT2D eigenvalue weighted by molar-refractivity contribution is 7.92. The molecule has 8 nitrogen and oxygen atoms in total. The van der Waals surface area contributed by atoms with Gasteiger partial charge in [0.25, 0.3) is 5.69 Å². The van der Waals surface area contributed by atoms with Gasteiger partial charge < -0.3 is 0 Å². The first kappa shape index (κ1) is 20.0. The summed E-state index contributed by atoms with van der Waals surface area (Å²) in [5.74, 6) is -0.724. The van der Waals surface area contributed by atoms with Crippen molar-refractivity contribution in [2.24, 2.45) is 10.9 Å². The molecule has 0 fully saturated rings. The summed E-state index contributed by atoms with van der Waals surface area (Å²) in [6.07, 6.45) is 5.44. The van der Waals surface area contributed by atoms with Crippen LogP contribution in [-0.4, -0.2) is 40.5 Å². The molecule has 1 aliphatic rings. The maximum Gasteiger partial charge on any atom is 0.269 e. The monoisotopic (exact) mass is 396 g/mol. The molecule has 2 rings (SSSR count). The Bertz CT molecular complexity index is 899. The quantitative estimate of drug-likeness (QED) is 0.303. The van der Waals surface area contributed by atoms with Gasteiger partial charge in [0.15, 0.2) is 0 Å². The summed E-state index contributed by atoms with van der Waals surface area (Å²) in [5.41, 5.74) is 0.989. The van der Waals surface area contributed by atoms with Crippen LogP contribution in [0.1, 0.15) is 5.56 Å². The van der Waals surface area contributed by atoms with Crippen molar-refractivity contribution >= 4 is 44.9 Å². The fraction of sp³-hybridized carbons (Fsp3) is 0.188. The largest absolute Gasteiger partial charge is 0.293 e. The predicted octanol–water partition coefficient (Wildman–Crippen LogP) is 2.18. The Morgan fingerprint density at radius 1 is 1.19 bits per heavy atom. The lowest BCUT2D eigenvalue weighted by molar-refractivity contribution is -0.384. The first-order chi connectivity index (χ1) is 12.2. The maximum atomic E-state index is 12.3. The van der Waals surface area contributed by atoms with Crippen LogP contribution in [0, 0.1) is 16.0 Å². The minimum atomic E-state index is -4.06. The zero-order chi connectivity index (χ0) is 19.3. The number of amides is 1. The molecule has 2 N–H and O–H groups in total. The van der Waals surface area contributed by atoms with Gasteiger partial charge in [0.1, 0.15) is 0 Å². The Morgan fingerprint density at radius 3 is 2.23 bits per heavy atom. The zero-order valence-corrected chi connectivity index (χ0v) is 15.1. The molecule has 138 valence electrons. The van der Waals surface area contributed by atoms with E-state index in [4.69, 9.17) is 9.11 Å². The highest BCUT2D eigenvalue weighted by Crippen LogP contribution is 2.17. The lowest BCUT2D eigenvalue weighted by atomic mass is 10.00. The third kappa shape index (κ3) is 5.36. The van der Waals surface area contributed by atoms with E-state index in [2.05, 4.69) is 17.6 Å². The summed E-state index contributed by atoms with van der Waals surface area (Å²) in [4.78, 5) is 26.3. The minimum absolute atomic E-state index is 0.0309. The van der Waals surface area contributed by atoms with E-state index in [1.807, 2.05) is 0 Å². The van der Waals surface area contributed by atoms with Crippen LogP contribution in [0.5, 0.6) is 0 Å². The number of hydrogen-bond donors (Lipinski definition) is 3. The topological polar surface area (TPSA) is 130 Å². The molecule has 1 aromatic rings. The Morgan fingerprint density at radius 2 is 1.77 bits per heavy atom. The smallest absolute Gasteiger partial charge is 0.269 e. The van der Waals surface area contributed by atoms with Gasteiger partial charge in [-0.2, -0.15) is 12.6 Å². The van der Waals surface area contributed by atoms with E-state index in [9.17, 15) is 19.1 Å². The van der Waals surface area contributed by atoms with Gasteiger partial charge in [0.05, 0.1) is 21.4 Å². The lowest BCUT2D eigenvalue weighted by Crippen LogP contribution is -2.19. The van der Waals surface area contributed by atoms with Crippen molar-refractivity contribution in [2.45, 2.75) is 6.42 Å². The van der Waals surface area contributed by atoms with E-state index < -0.39 is 26.8 Å². The van der Waals surface area contributed by atoms with Crippen LogP contribution in [0.15, 0.2) is 53.6 Å². The normalized spacial score (nSPS) is 15.0. The van der Waals surface area contributed by atoms with Crippen LogP contribution in [-0.2, 0) is 21.3 Å². The summed E-state index contributed by atoms with van der Waals surface area (Å²) in [6.45, 7) is 0. The van der Waals surface area contributed by atoms with E-state index in [-0.39, 0.29) is 22.0 Å². The predicted molar refractivity (Wildman–Crippen MR) is 103 cm³/mol. The summed E-state index contributed by atoms with van der Waals surface area (Å²) >= 11 is 4.17. The molecule has 0 saturated heterocycles. The number of aliphatic imine (C=N–C) groups is 1. The molecule has 0 heterocycles. The molecule has 1 amide bonds. The van der Waals surface area contributed by atoms with Crippen LogP contribution in [0.25, 0.3) is 0 Å². The van der Waals surface area contributed by atoms with Gasteiger partial charge in [-0.15, -0.1) is 0 Å². The molecule has 0 aliphatic heterocycles. The molecule has 0 saturated carbocycles. The van der Waals surface area contributed by atoms with E-state index in [0.717, 1.165) is 5.56 Å². The van der Waals surface area contributed by atoms with E-state index in [1.165, 1.54) is 36.4 Å².